The van der Waals surface area contributed by atoms with E-state index in [4.69, 9.17) is 4.74 Å². The monoisotopic (exact) mass is 378 g/mol. The third-order valence-electron chi connectivity index (χ3n) is 4.50. The number of halogens is 3. The zero-order chi connectivity index (χ0) is 19.3. The molecule has 144 valence electrons. The Hall–Kier alpha value is -2.38. The highest BCUT2D eigenvalue weighted by Crippen LogP contribution is 2.29. The van der Waals surface area contributed by atoms with Gasteiger partial charge >= 0.3 is 6.18 Å². The molecule has 1 heterocycles. The first-order chi connectivity index (χ1) is 12.9. The molecular weight excluding hydrogens is 357 g/mol. The van der Waals surface area contributed by atoms with E-state index in [9.17, 15) is 18.0 Å². The van der Waals surface area contributed by atoms with Crippen LogP contribution < -0.4 is 5.32 Å². The molecule has 0 aliphatic carbocycles. The molecule has 0 spiro atoms. The van der Waals surface area contributed by atoms with Gasteiger partial charge in [-0.15, -0.1) is 0 Å². The summed E-state index contributed by atoms with van der Waals surface area (Å²) in [6, 6.07) is 13.6. The highest BCUT2D eigenvalue weighted by atomic mass is 19.4. The zero-order valence-corrected chi connectivity index (χ0v) is 14.7. The van der Waals surface area contributed by atoms with Gasteiger partial charge in [-0.05, 0) is 23.8 Å². The molecule has 1 aliphatic heterocycles. The highest BCUT2D eigenvalue weighted by molar-refractivity contribution is 5.94. The number of alkyl halides is 3. The van der Waals surface area contributed by atoms with Crippen molar-refractivity contribution in [3.05, 3.63) is 71.3 Å². The summed E-state index contributed by atoms with van der Waals surface area (Å²) >= 11 is 0. The summed E-state index contributed by atoms with van der Waals surface area (Å²) in [5.74, 6) is -0.525. The van der Waals surface area contributed by atoms with Gasteiger partial charge in [-0.2, -0.15) is 13.2 Å². The van der Waals surface area contributed by atoms with Gasteiger partial charge in [-0.3, -0.25) is 9.69 Å². The Bertz CT molecular complexity index is 759. The van der Waals surface area contributed by atoms with Crippen LogP contribution in [0.2, 0.25) is 0 Å². The number of hydrogen-bond acceptors (Lipinski definition) is 3. The lowest BCUT2D eigenvalue weighted by molar-refractivity contribution is -0.137. The van der Waals surface area contributed by atoms with Gasteiger partial charge in [0.15, 0.2) is 0 Å². The molecule has 1 unspecified atom stereocenters. The van der Waals surface area contributed by atoms with Crippen molar-refractivity contribution in [3.8, 4) is 0 Å². The SMILES string of the molecule is O=C(NC(CN1CCOCC1)c1ccccc1)c1cccc(C(F)(F)F)c1. The van der Waals surface area contributed by atoms with Gasteiger partial charge in [0.05, 0.1) is 24.8 Å². The predicted octanol–water partition coefficient (Wildman–Crippen LogP) is 3.51. The van der Waals surface area contributed by atoms with Gasteiger partial charge in [-0.1, -0.05) is 36.4 Å². The van der Waals surface area contributed by atoms with E-state index in [2.05, 4.69) is 10.2 Å². The van der Waals surface area contributed by atoms with Gasteiger partial charge in [0, 0.05) is 25.2 Å². The Labute approximate surface area is 155 Å². The third-order valence-corrected chi connectivity index (χ3v) is 4.50. The van der Waals surface area contributed by atoms with Gasteiger partial charge < -0.3 is 10.1 Å². The molecule has 7 heteroatoms. The van der Waals surface area contributed by atoms with Crippen LogP contribution >= 0.6 is 0 Å². The fourth-order valence-corrected chi connectivity index (χ4v) is 3.04. The van der Waals surface area contributed by atoms with Crippen molar-refractivity contribution >= 4 is 5.91 Å². The predicted molar refractivity (Wildman–Crippen MR) is 95.4 cm³/mol. The summed E-state index contributed by atoms with van der Waals surface area (Å²) in [6.07, 6.45) is -4.48. The molecule has 27 heavy (non-hydrogen) atoms. The average Bonchev–Trinajstić information content (AvgIpc) is 2.68. The quantitative estimate of drug-likeness (QED) is 0.866. The van der Waals surface area contributed by atoms with Gasteiger partial charge in [0.2, 0.25) is 0 Å². The summed E-state index contributed by atoms with van der Waals surface area (Å²) < 4.78 is 44.1. The molecular formula is C20H21F3N2O2. The van der Waals surface area contributed by atoms with Crippen LogP contribution in [0.15, 0.2) is 54.6 Å². The van der Waals surface area contributed by atoms with E-state index in [-0.39, 0.29) is 11.6 Å². The molecule has 4 nitrogen and oxygen atoms in total. The number of rotatable bonds is 5. The Kier molecular flexibility index (Phi) is 6.13. The summed E-state index contributed by atoms with van der Waals surface area (Å²) in [4.78, 5) is 14.8. The second kappa shape index (κ2) is 8.54. The van der Waals surface area contributed by atoms with Crippen molar-refractivity contribution in [2.75, 3.05) is 32.8 Å². The van der Waals surface area contributed by atoms with E-state index in [0.717, 1.165) is 30.8 Å². The van der Waals surface area contributed by atoms with Crippen molar-refractivity contribution in [1.29, 1.82) is 0 Å². The fraction of sp³-hybridized carbons (Fsp3) is 0.350. The first-order valence-electron chi connectivity index (χ1n) is 8.76. The maximum absolute atomic E-state index is 12.9. The lowest BCUT2D eigenvalue weighted by atomic mass is 10.0. The van der Waals surface area contributed by atoms with Crippen LogP contribution in [0.3, 0.4) is 0 Å². The van der Waals surface area contributed by atoms with E-state index in [1.807, 2.05) is 30.3 Å². The Morgan fingerprint density at radius 1 is 1.07 bits per heavy atom. The maximum Gasteiger partial charge on any atom is 0.416 e. The van der Waals surface area contributed by atoms with Crippen molar-refractivity contribution in [2.45, 2.75) is 12.2 Å². The number of ether oxygens (including phenoxy) is 1. The first kappa shape index (κ1) is 19.4. The number of carbonyl (C=O) groups is 1. The van der Waals surface area contributed by atoms with Crippen LogP contribution in [-0.2, 0) is 10.9 Å². The molecule has 1 saturated heterocycles. The highest BCUT2D eigenvalue weighted by Gasteiger charge is 2.31. The molecule has 0 saturated carbocycles. The van der Waals surface area contributed by atoms with Crippen molar-refractivity contribution < 1.29 is 22.7 Å². The number of nitrogens with zero attached hydrogens (tertiary/aromatic N) is 1. The van der Waals surface area contributed by atoms with Crippen LogP contribution in [-0.4, -0.2) is 43.7 Å². The number of carbonyl (C=O) groups excluding carboxylic acids is 1. The van der Waals surface area contributed by atoms with Crippen LogP contribution in [0.5, 0.6) is 0 Å². The Morgan fingerprint density at radius 3 is 2.44 bits per heavy atom. The zero-order valence-electron chi connectivity index (χ0n) is 14.7. The minimum atomic E-state index is -4.48. The summed E-state index contributed by atoms with van der Waals surface area (Å²) in [5.41, 5.74) is 0.0663. The fourth-order valence-electron chi connectivity index (χ4n) is 3.04. The number of benzene rings is 2. The Morgan fingerprint density at radius 2 is 1.78 bits per heavy atom. The molecule has 1 aliphatic rings. The normalized spacial score (nSPS) is 16.7. The largest absolute Gasteiger partial charge is 0.416 e. The summed E-state index contributed by atoms with van der Waals surface area (Å²) in [5, 5.41) is 2.89. The summed E-state index contributed by atoms with van der Waals surface area (Å²) in [6.45, 7) is 3.33. The number of hydrogen-bond donors (Lipinski definition) is 1. The molecule has 2 aromatic carbocycles. The lowest BCUT2D eigenvalue weighted by Gasteiger charge is -2.31. The van der Waals surface area contributed by atoms with Crippen molar-refractivity contribution in [1.82, 2.24) is 10.2 Å². The van der Waals surface area contributed by atoms with Gasteiger partial charge in [0.25, 0.3) is 5.91 Å². The van der Waals surface area contributed by atoms with Crippen LogP contribution in [0.1, 0.15) is 27.5 Å². The summed E-state index contributed by atoms with van der Waals surface area (Å²) in [7, 11) is 0. The maximum atomic E-state index is 12.9. The lowest BCUT2D eigenvalue weighted by Crippen LogP contribution is -2.43. The first-order valence-corrected chi connectivity index (χ1v) is 8.76. The molecule has 1 N–H and O–H groups in total. The van der Waals surface area contributed by atoms with E-state index in [0.29, 0.717) is 19.8 Å². The number of nitrogens with one attached hydrogen (secondary N) is 1. The molecule has 2 aromatic rings. The number of morpholine rings is 1. The second-order valence-corrected chi connectivity index (χ2v) is 6.43. The second-order valence-electron chi connectivity index (χ2n) is 6.43. The standard InChI is InChI=1S/C20H21F3N2O2/c21-20(22,23)17-8-4-7-16(13-17)19(26)24-18(15-5-2-1-3-6-15)14-25-9-11-27-12-10-25/h1-8,13,18H,9-12,14H2,(H,24,26). The molecule has 0 bridgehead atoms. The molecule has 1 fully saturated rings. The Balaban J connectivity index is 1.78. The average molecular weight is 378 g/mol. The molecule has 3 rings (SSSR count). The molecule has 0 radical (unpaired) electrons. The van der Waals surface area contributed by atoms with E-state index >= 15 is 0 Å². The topological polar surface area (TPSA) is 41.6 Å². The van der Waals surface area contributed by atoms with E-state index in [1.54, 1.807) is 0 Å². The van der Waals surface area contributed by atoms with Crippen molar-refractivity contribution in [2.24, 2.45) is 0 Å². The molecule has 1 atom stereocenters. The third kappa shape index (κ3) is 5.30. The minimum Gasteiger partial charge on any atom is -0.379 e. The number of amides is 1. The van der Waals surface area contributed by atoms with Crippen LogP contribution in [0, 0.1) is 0 Å². The van der Waals surface area contributed by atoms with Gasteiger partial charge in [-0.25, -0.2) is 0 Å². The molecule has 0 aromatic heterocycles. The molecule has 1 amide bonds. The van der Waals surface area contributed by atoms with E-state index in [1.165, 1.54) is 12.1 Å². The van der Waals surface area contributed by atoms with Gasteiger partial charge in [0.1, 0.15) is 0 Å². The van der Waals surface area contributed by atoms with E-state index < -0.39 is 17.6 Å². The minimum absolute atomic E-state index is 0.00673. The van der Waals surface area contributed by atoms with Crippen LogP contribution in [0.4, 0.5) is 13.2 Å². The smallest absolute Gasteiger partial charge is 0.379 e. The van der Waals surface area contributed by atoms with Crippen LogP contribution in [0.25, 0.3) is 0 Å². The van der Waals surface area contributed by atoms with Crippen molar-refractivity contribution in [3.63, 3.8) is 0 Å².